The molecule has 2 aliphatic heterocycles. The summed E-state index contributed by atoms with van der Waals surface area (Å²) in [6.45, 7) is 4.05. The summed E-state index contributed by atoms with van der Waals surface area (Å²) in [5.74, 6) is -1.04. The molecule has 0 aromatic heterocycles. The lowest BCUT2D eigenvalue weighted by Crippen LogP contribution is -2.49. The van der Waals surface area contributed by atoms with Crippen LogP contribution in [0.25, 0.3) is 0 Å². The second-order valence-corrected chi connectivity index (χ2v) is 5.49. The maximum absolute atomic E-state index is 12.3. The molecule has 120 valence electrons. The SMILES string of the molecule is CC(OCC1CCCO1)C(=O)N1CCOC(CC(=O)O)C1. The second-order valence-electron chi connectivity index (χ2n) is 5.49. The van der Waals surface area contributed by atoms with Crippen LogP contribution in [0.3, 0.4) is 0 Å². The van der Waals surface area contributed by atoms with Crippen molar-refractivity contribution in [2.75, 3.05) is 32.9 Å². The van der Waals surface area contributed by atoms with E-state index < -0.39 is 18.2 Å². The van der Waals surface area contributed by atoms with E-state index in [2.05, 4.69) is 0 Å². The summed E-state index contributed by atoms with van der Waals surface area (Å²) >= 11 is 0. The van der Waals surface area contributed by atoms with Crippen molar-refractivity contribution < 1.29 is 28.9 Å². The van der Waals surface area contributed by atoms with Crippen LogP contribution in [0.4, 0.5) is 0 Å². The average Bonchev–Trinajstić information content (AvgIpc) is 2.97. The fourth-order valence-corrected chi connectivity index (χ4v) is 2.59. The predicted octanol–water partition coefficient (Wildman–Crippen LogP) is 0.273. The average molecular weight is 301 g/mol. The van der Waals surface area contributed by atoms with E-state index in [-0.39, 0.29) is 18.4 Å². The number of aliphatic carboxylic acids is 1. The van der Waals surface area contributed by atoms with Crippen molar-refractivity contribution in [2.24, 2.45) is 0 Å². The first-order valence-corrected chi connectivity index (χ1v) is 7.41. The molecular formula is C14H23NO6. The second kappa shape index (κ2) is 7.72. The highest BCUT2D eigenvalue weighted by Crippen LogP contribution is 2.14. The van der Waals surface area contributed by atoms with E-state index in [0.29, 0.717) is 26.3 Å². The van der Waals surface area contributed by atoms with Gasteiger partial charge in [0.25, 0.3) is 5.91 Å². The number of hydrogen-bond acceptors (Lipinski definition) is 5. The fourth-order valence-electron chi connectivity index (χ4n) is 2.59. The highest BCUT2D eigenvalue weighted by Gasteiger charge is 2.29. The number of morpholine rings is 1. The normalized spacial score (nSPS) is 27.6. The number of rotatable bonds is 6. The lowest BCUT2D eigenvalue weighted by atomic mass is 10.2. The van der Waals surface area contributed by atoms with Gasteiger partial charge in [-0.05, 0) is 19.8 Å². The monoisotopic (exact) mass is 301 g/mol. The highest BCUT2D eigenvalue weighted by molar-refractivity contribution is 5.80. The molecule has 21 heavy (non-hydrogen) atoms. The minimum absolute atomic E-state index is 0.0877. The molecule has 2 heterocycles. The minimum atomic E-state index is -0.919. The molecular weight excluding hydrogens is 278 g/mol. The molecule has 0 aliphatic carbocycles. The van der Waals surface area contributed by atoms with Crippen LogP contribution in [-0.2, 0) is 23.8 Å². The first-order valence-electron chi connectivity index (χ1n) is 7.41. The molecule has 2 fully saturated rings. The van der Waals surface area contributed by atoms with Gasteiger partial charge in [-0.3, -0.25) is 9.59 Å². The van der Waals surface area contributed by atoms with E-state index in [1.807, 2.05) is 0 Å². The Morgan fingerprint density at radius 1 is 1.33 bits per heavy atom. The maximum Gasteiger partial charge on any atom is 0.306 e. The van der Waals surface area contributed by atoms with Crippen molar-refractivity contribution in [2.45, 2.75) is 44.5 Å². The first kappa shape index (κ1) is 16.2. The smallest absolute Gasteiger partial charge is 0.306 e. The van der Waals surface area contributed by atoms with Gasteiger partial charge in [-0.1, -0.05) is 0 Å². The molecule has 0 spiro atoms. The molecule has 3 unspecified atom stereocenters. The van der Waals surface area contributed by atoms with Crippen LogP contribution < -0.4 is 0 Å². The molecule has 0 radical (unpaired) electrons. The van der Waals surface area contributed by atoms with Crippen molar-refractivity contribution in [3.8, 4) is 0 Å². The molecule has 0 aromatic carbocycles. The summed E-state index contributed by atoms with van der Waals surface area (Å²) in [5.41, 5.74) is 0. The van der Waals surface area contributed by atoms with E-state index in [1.165, 1.54) is 0 Å². The molecule has 1 N–H and O–H groups in total. The summed E-state index contributed by atoms with van der Waals surface area (Å²) in [4.78, 5) is 24.6. The Morgan fingerprint density at radius 2 is 2.10 bits per heavy atom. The summed E-state index contributed by atoms with van der Waals surface area (Å²) in [7, 11) is 0. The molecule has 1 amide bonds. The van der Waals surface area contributed by atoms with E-state index in [9.17, 15) is 9.59 Å². The van der Waals surface area contributed by atoms with Crippen molar-refractivity contribution in [1.82, 2.24) is 4.90 Å². The number of ether oxygens (including phenoxy) is 3. The largest absolute Gasteiger partial charge is 0.481 e. The molecule has 7 heteroatoms. The number of amides is 1. The van der Waals surface area contributed by atoms with Crippen LogP contribution in [0.2, 0.25) is 0 Å². The Morgan fingerprint density at radius 3 is 2.76 bits per heavy atom. The molecule has 0 aromatic rings. The van der Waals surface area contributed by atoms with Gasteiger partial charge in [0.1, 0.15) is 6.10 Å². The van der Waals surface area contributed by atoms with Crippen LogP contribution in [0.1, 0.15) is 26.2 Å². The van der Waals surface area contributed by atoms with Gasteiger partial charge in [-0.15, -0.1) is 0 Å². The number of carbonyl (C=O) groups excluding carboxylic acids is 1. The van der Waals surface area contributed by atoms with Gasteiger partial charge in [0.05, 0.1) is 31.8 Å². The zero-order valence-electron chi connectivity index (χ0n) is 12.3. The molecule has 2 rings (SSSR count). The Balaban J connectivity index is 1.76. The standard InChI is InChI=1S/C14H23NO6/c1-10(21-9-11-3-2-5-19-11)14(18)15-4-6-20-12(8-15)7-13(16)17/h10-12H,2-9H2,1H3,(H,16,17). The lowest BCUT2D eigenvalue weighted by Gasteiger charge is -2.34. The van der Waals surface area contributed by atoms with Gasteiger partial charge in [-0.2, -0.15) is 0 Å². The number of hydrogen-bond donors (Lipinski definition) is 1. The predicted molar refractivity (Wildman–Crippen MR) is 73.0 cm³/mol. The molecule has 2 saturated heterocycles. The number of nitrogens with zero attached hydrogens (tertiary/aromatic N) is 1. The Bertz CT molecular complexity index is 368. The molecule has 3 atom stereocenters. The van der Waals surface area contributed by atoms with Crippen LogP contribution >= 0.6 is 0 Å². The quantitative estimate of drug-likeness (QED) is 0.758. The Kier molecular flexibility index (Phi) is 5.96. The van der Waals surface area contributed by atoms with Crippen LogP contribution in [0.5, 0.6) is 0 Å². The molecule has 0 saturated carbocycles. The van der Waals surface area contributed by atoms with Crippen LogP contribution in [0.15, 0.2) is 0 Å². The van der Waals surface area contributed by atoms with Gasteiger partial charge in [0, 0.05) is 19.7 Å². The summed E-state index contributed by atoms with van der Waals surface area (Å²) in [6, 6.07) is 0. The van der Waals surface area contributed by atoms with Crippen molar-refractivity contribution >= 4 is 11.9 Å². The zero-order chi connectivity index (χ0) is 15.2. The van der Waals surface area contributed by atoms with E-state index in [4.69, 9.17) is 19.3 Å². The first-order chi connectivity index (χ1) is 10.1. The number of carboxylic acids is 1. The Labute approximate surface area is 124 Å². The van der Waals surface area contributed by atoms with E-state index >= 15 is 0 Å². The Hall–Kier alpha value is -1.18. The molecule has 7 nitrogen and oxygen atoms in total. The van der Waals surface area contributed by atoms with Gasteiger partial charge < -0.3 is 24.2 Å². The third-order valence-corrected chi connectivity index (χ3v) is 3.76. The van der Waals surface area contributed by atoms with Gasteiger partial charge >= 0.3 is 5.97 Å². The molecule has 2 aliphatic rings. The molecule has 0 bridgehead atoms. The topological polar surface area (TPSA) is 85.3 Å². The summed E-state index contributed by atoms with van der Waals surface area (Å²) in [5, 5.41) is 8.78. The van der Waals surface area contributed by atoms with Crippen LogP contribution in [-0.4, -0.2) is 73.1 Å². The number of carboxylic acid groups (broad SMARTS) is 1. The fraction of sp³-hybridized carbons (Fsp3) is 0.857. The summed E-state index contributed by atoms with van der Waals surface area (Å²) in [6.07, 6.45) is 1.03. The highest BCUT2D eigenvalue weighted by atomic mass is 16.5. The third kappa shape index (κ3) is 4.94. The van der Waals surface area contributed by atoms with Crippen LogP contribution in [0, 0.1) is 0 Å². The van der Waals surface area contributed by atoms with Crippen molar-refractivity contribution in [3.05, 3.63) is 0 Å². The maximum atomic E-state index is 12.3. The van der Waals surface area contributed by atoms with Gasteiger partial charge in [-0.25, -0.2) is 0 Å². The lowest BCUT2D eigenvalue weighted by molar-refractivity contribution is -0.155. The minimum Gasteiger partial charge on any atom is -0.481 e. The third-order valence-electron chi connectivity index (χ3n) is 3.76. The van der Waals surface area contributed by atoms with Gasteiger partial charge in [0.2, 0.25) is 0 Å². The van der Waals surface area contributed by atoms with Crippen molar-refractivity contribution in [1.29, 1.82) is 0 Å². The van der Waals surface area contributed by atoms with E-state index in [1.54, 1.807) is 11.8 Å². The zero-order valence-corrected chi connectivity index (χ0v) is 12.3. The summed E-state index contributed by atoms with van der Waals surface area (Å²) < 4.78 is 16.4. The van der Waals surface area contributed by atoms with Gasteiger partial charge in [0.15, 0.2) is 0 Å². The van der Waals surface area contributed by atoms with E-state index in [0.717, 1.165) is 19.4 Å². The van der Waals surface area contributed by atoms with Crippen molar-refractivity contribution in [3.63, 3.8) is 0 Å². The number of carbonyl (C=O) groups is 2.